The number of hydrogen-bond acceptors (Lipinski definition) is 13. The molecule has 2 atom stereocenters. The lowest BCUT2D eigenvalue weighted by Crippen LogP contribution is -2.81. The van der Waals surface area contributed by atoms with Crippen LogP contribution in [0.3, 0.4) is 0 Å². The van der Waals surface area contributed by atoms with Crippen molar-refractivity contribution in [2.75, 3.05) is 18.6 Å². The van der Waals surface area contributed by atoms with Gasteiger partial charge in [-0.15, -0.1) is 29.3 Å². The first-order valence-electron chi connectivity index (χ1n) is 9.75. The molecule has 20 heteroatoms. The van der Waals surface area contributed by atoms with Crippen molar-refractivity contribution in [3.05, 3.63) is 21.1 Å². The van der Waals surface area contributed by atoms with E-state index < -0.39 is 50.9 Å². The summed E-state index contributed by atoms with van der Waals surface area (Å²) in [5.41, 5.74) is 2.93. The fourth-order valence-corrected chi connectivity index (χ4v) is 8.16. The maximum atomic E-state index is 13.2. The molecule has 2 fully saturated rings. The summed E-state index contributed by atoms with van der Waals surface area (Å²) >= 11 is 4.06. The van der Waals surface area contributed by atoms with Gasteiger partial charge in [0.15, 0.2) is 0 Å². The van der Waals surface area contributed by atoms with Crippen LogP contribution in [-0.4, -0.2) is 99.3 Å². The summed E-state index contributed by atoms with van der Waals surface area (Å²) in [6, 6.07) is 0. The quantitative estimate of drug-likeness (QED) is 0.0658. The highest BCUT2D eigenvalue weighted by Gasteiger charge is 2.67. The number of nitrogens with two attached hydrogens (primary N) is 1. The van der Waals surface area contributed by atoms with Gasteiger partial charge < -0.3 is 26.0 Å². The molecule has 2 saturated heterocycles. The van der Waals surface area contributed by atoms with E-state index in [2.05, 4.69) is 20.8 Å². The highest BCUT2D eigenvalue weighted by Crippen LogP contribution is 2.53. The zero-order valence-electron chi connectivity index (χ0n) is 18.8. The number of methoxy groups -OCH3 is 1. The van der Waals surface area contributed by atoms with E-state index in [0.717, 1.165) is 28.4 Å². The molecule has 3 aliphatic heterocycles. The van der Waals surface area contributed by atoms with E-state index in [-0.39, 0.29) is 33.8 Å². The molecule has 0 aromatic carbocycles. The topological polar surface area (TPSA) is 220 Å². The molecule has 15 nitrogen and oxygen atoms in total. The molecule has 3 amide bonds. The second-order valence-electron chi connectivity index (χ2n) is 7.30. The zero-order chi connectivity index (χ0) is 26.4. The van der Waals surface area contributed by atoms with Crippen molar-refractivity contribution < 1.29 is 38.9 Å². The molecule has 5 N–H and O–H groups in total. The number of β-lactam (4-membered cyclic amide) rings is 1. The van der Waals surface area contributed by atoms with Crippen LogP contribution in [-0.2, 0) is 35.8 Å². The van der Waals surface area contributed by atoms with Crippen molar-refractivity contribution in [1.29, 1.82) is 0 Å². The van der Waals surface area contributed by atoms with E-state index in [1.807, 2.05) is 0 Å². The number of primary amides is 1. The molecule has 0 radical (unpaired) electrons. The molecule has 4 rings (SSSR count). The molecular weight excluding hydrogens is 594 g/mol. The van der Waals surface area contributed by atoms with E-state index in [1.54, 1.807) is 7.05 Å². The van der Waals surface area contributed by atoms with Crippen LogP contribution < -0.4 is 11.1 Å². The van der Waals surface area contributed by atoms with E-state index in [1.165, 1.54) is 35.3 Å². The third-order valence-electron chi connectivity index (χ3n) is 5.21. The minimum atomic E-state index is -1.81. The molecular formula is C17H18ClN7O8S4. The van der Waals surface area contributed by atoms with Crippen LogP contribution in [0.15, 0.2) is 26.2 Å². The first-order valence-corrected chi connectivity index (χ1v) is 13.5. The van der Waals surface area contributed by atoms with Crippen LogP contribution >= 0.6 is 59.5 Å². The van der Waals surface area contributed by atoms with Gasteiger partial charge in [-0.05, 0) is 16.0 Å². The highest BCUT2D eigenvalue weighted by molar-refractivity contribution is 8.39. The van der Waals surface area contributed by atoms with Gasteiger partial charge in [0.1, 0.15) is 21.2 Å². The van der Waals surface area contributed by atoms with Gasteiger partial charge >= 0.3 is 11.9 Å². The number of rotatable bonds is 9. The monoisotopic (exact) mass is 611 g/mol. The van der Waals surface area contributed by atoms with Gasteiger partial charge in [-0.25, -0.2) is 14.3 Å². The number of hydrogen-bond donors (Lipinski definition) is 4. The zero-order valence-corrected chi connectivity index (χ0v) is 22.8. The molecule has 1 aromatic rings. The van der Waals surface area contributed by atoms with Crippen LogP contribution in [0, 0.1) is 0 Å². The number of aryl methyl sites for hydroxylation is 1. The lowest BCUT2D eigenvalue weighted by atomic mass is 9.98. The Labute approximate surface area is 231 Å². The Morgan fingerprint density at radius 2 is 1.97 bits per heavy atom. The average molecular weight is 612 g/mol. The number of nitrogens with zero attached hydrogens (tertiary/aromatic N) is 5. The third-order valence-corrected chi connectivity index (χ3v) is 10.5. The number of halogens is 1. The lowest BCUT2D eigenvalue weighted by molar-refractivity contribution is -0.192. The maximum absolute atomic E-state index is 13.2. The smallest absolute Gasteiger partial charge is 0.352 e. The summed E-state index contributed by atoms with van der Waals surface area (Å²) in [5, 5.41) is 32.2. The van der Waals surface area contributed by atoms with Gasteiger partial charge in [0, 0.05) is 25.7 Å². The van der Waals surface area contributed by atoms with Crippen LogP contribution in [0.1, 0.15) is 0 Å². The van der Waals surface area contributed by atoms with Crippen LogP contribution in [0.25, 0.3) is 0 Å². The molecule has 37 heavy (non-hydrogen) atoms. The number of aromatic nitrogens is 4. The number of nitrogens with one attached hydrogen (secondary N) is 1. The standard InChI is InChI=1S/C17H17N7O8S4.ClH/c1-23-16(20-21-22-23)34-4-5-3-33-15-17(32-2,14(31)24(15)7(5)11(29)30)19-9(26)13-35-12(36-13)6(8(18)25)10(27)28;/h13,15H,3-4H2,1-2H3,(H2,18,25)(H,19,26)(H,27,28)(H,29,30);1H/t13?,15-,17+;/m1./s1. The molecule has 0 spiro atoms. The maximum Gasteiger partial charge on any atom is 0.352 e. The summed E-state index contributed by atoms with van der Waals surface area (Å²) in [6.45, 7) is 0. The largest absolute Gasteiger partial charge is 0.477 e. The van der Waals surface area contributed by atoms with Crippen molar-refractivity contribution in [2.45, 2.75) is 20.8 Å². The van der Waals surface area contributed by atoms with Crippen molar-refractivity contribution in [3.63, 3.8) is 0 Å². The Hall–Kier alpha value is -2.45. The number of tetrazole rings is 1. The van der Waals surface area contributed by atoms with Crippen LogP contribution in [0.2, 0.25) is 0 Å². The highest BCUT2D eigenvalue weighted by atomic mass is 35.5. The summed E-state index contributed by atoms with van der Waals surface area (Å²) in [5.74, 6) is -4.89. The second kappa shape index (κ2) is 11.1. The number of carboxylic acid groups (broad SMARTS) is 2. The molecule has 200 valence electrons. The van der Waals surface area contributed by atoms with Gasteiger partial charge in [0.05, 0.1) is 4.24 Å². The molecule has 4 heterocycles. The summed E-state index contributed by atoms with van der Waals surface area (Å²) < 4.78 is 6.05. The first-order chi connectivity index (χ1) is 17.0. The lowest BCUT2D eigenvalue weighted by Gasteiger charge is -2.56. The van der Waals surface area contributed by atoms with Gasteiger partial charge in [-0.3, -0.25) is 19.3 Å². The molecule has 1 aromatic heterocycles. The number of amides is 3. The van der Waals surface area contributed by atoms with Gasteiger partial charge in [0.2, 0.25) is 11.1 Å². The fraction of sp³-hybridized carbons (Fsp3) is 0.412. The van der Waals surface area contributed by atoms with Crippen LogP contribution in [0.4, 0.5) is 0 Å². The van der Waals surface area contributed by atoms with Gasteiger partial charge in [-0.2, -0.15) is 0 Å². The average Bonchev–Trinajstić information content (AvgIpc) is 3.20. The SMILES string of the molecule is CO[C@@]1(NC(=O)C2SC(=C(C(N)=O)C(=O)O)S2)C(=O)N2C(C(=O)O)=C(CSc3nnnn3C)CS[C@@H]21.Cl. The number of ether oxygens (including phenoxy) is 1. The Bertz CT molecular complexity index is 1230. The normalized spacial score (nSPS) is 24.3. The number of thioether (sulfide) groups is 4. The Morgan fingerprint density at radius 1 is 1.30 bits per heavy atom. The van der Waals surface area contributed by atoms with Crippen molar-refractivity contribution in [3.8, 4) is 0 Å². The number of carboxylic acids is 2. The molecule has 0 unspecified atom stereocenters. The third kappa shape index (κ3) is 5.02. The second-order valence-corrected chi connectivity index (χ2v) is 12.1. The fourth-order valence-electron chi connectivity index (χ4n) is 3.51. The van der Waals surface area contributed by atoms with E-state index in [0.29, 0.717) is 10.7 Å². The summed E-state index contributed by atoms with van der Waals surface area (Å²) in [4.78, 5) is 61.7. The molecule has 0 saturated carbocycles. The van der Waals surface area contributed by atoms with Crippen molar-refractivity contribution in [2.24, 2.45) is 12.8 Å². The van der Waals surface area contributed by atoms with Crippen molar-refractivity contribution in [1.82, 2.24) is 30.4 Å². The molecule has 0 bridgehead atoms. The number of fused-ring (bicyclic) bond motifs is 1. The van der Waals surface area contributed by atoms with Gasteiger partial charge in [0.25, 0.3) is 17.5 Å². The Kier molecular flexibility index (Phi) is 8.75. The predicted molar refractivity (Wildman–Crippen MR) is 135 cm³/mol. The van der Waals surface area contributed by atoms with E-state index in [4.69, 9.17) is 15.6 Å². The Morgan fingerprint density at radius 3 is 2.49 bits per heavy atom. The number of carbonyl (C=O) groups is 5. The van der Waals surface area contributed by atoms with Crippen LogP contribution in [0.5, 0.6) is 0 Å². The molecule has 0 aliphatic carbocycles. The predicted octanol–water partition coefficient (Wildman–Crippen LogP) is -0.976. The minimum absolute atomic E-state index is 0. The van der Waals surface area contributed by atoms with E-state index in [9.17, 15) is 29.1 Å². The number of carbonyl (C=O) groups excluding carboxylic acids is 3. The summed E-state index contributed by atoms with van der Waals surface area (Å²) in [7, 11) is 2.86. The van der Waals surface area contributed by atoms with Crippen molar-refractivity contribution >= 4 is 89.1 Å². The minimum Gasteiger partial charge on any atom is -0.477 e. The molecule has 3 aliphatic rings. The first kappa shape index (κ1) is 29.1. The Balaban J connectivity index is 0.00000380. The summed E-state index contributed by atoms with van der Waals surface area (Å²) in [6.07, 6.45) is 0. The number of aliphatic carboxylic acids is 2. The van der Waals surface area contributed by atoms with Gasteiger partial charge in [-0.1, -0.05) is 35.3 Å². The van der Waals surface area contributed by atoms with E-state index >= 15 is 0 Å².